The Kier molecular flexibility index (Phi) is 4.44. The number of H-pyrrole nitrogens is 1. The third-order valence-corrected chi connectivity index (χ3v) is 4.03. The molecule has 0 aliphatic carbocycles. The third-order valence-electron chi connectivity index (χ3n) is 4.03. The van der Waals surface area contributed by atoms with Crippen LogP contribution in [0.1, 0.15) is 52.4 Å². The van der Waals surface area contributed by atoms with Gasteiger partial charge in [0.05, 0.1) is 6.04 Å². The minimum absolute atomic E-state index is 0.156. The van der Waals surface area contributed by atoms with Crippen molar-refractivity contribution >= 4 is 5.91 Å². The van der Waals surface area contributed by atoms with Gasteiger partial charge in [0.1, 0.15) is 17.7 Å². The number of aromatic nitrogens is 4. The average Bonchev–Trinajstić information content (AvgIpc) is 2.88. The lowest BCUT2D eigenvalue weighted by Crippen LogP contribution is -2.35. The average molecular weight is 303 g/mol. The topological polar surface area (TPSA) is 92.7 Å². The lowest BCUT2D eigenvalue weighted by molar-refractivity contribution is 0.0930. The molecule has 0 saturated heterocycles. The maximum Gasteiger partial charge on any atom is 0.261 e. The minimum atomic E-state index is -0.392. The summed E-state index contributed by atoms with van der Waals surface area (Å²) in [6.07, 6.45) is 2.10. The molecule has 0 saturated carbocycles. The Hall–Kier alpha value is -2.44. The molecule has 0 aromatic carbocycles. The number of nitrogens with one attached hydrogen (secondary N) is 2. The van der Waals surface area contributed by atoms with E-state index in [1.165, 1.54) is 6.33 Å². The SMILES string of the molecule is CCC(NC(=O)c1c(C)c(C)c(C)[nH]c1=O)c1ncnn1C. The van der Waals surface area contributed by atoms with Gasteiger partial charge in [0, 0.05) is 12.7 Å². The first-order valence-corrected chi connectivity index (χ1v) is 7.21. The van der Waals surface area contributed by atoms with E-state index >= 15 is 0 Å². The maximum absolute atomic E-state index is 12.5. The summed E-state index contributed by atoms with van der Waals surface area (Å²) in [6.45, 7) is 7.43. The number of aryl methyl sites for hydroxylation is 2. The fourth-order valence-electron chi connectivity index (χ4n) is 2.44. The van der Waals surface area contributed by atoms with Crippen LogP contribution in [0.3, 0.4) is 0 Å². The van der Waals surface area contributed by atoms with Gasteiger partial charge in [0.2, 0.25) is 0 Å². The molecule has 1 unspecified atom stereocenters. The standard InChI is InChI=1S/C15H21N5O2/c1-6-11(13-16-7-17-20(13)5)19-15(22)12-9(3)8(2)10(4)18-14(12)21/h7,11H,6H2,1-5H3,(H,18,21)(H,19,22). The molecule has 7 heteroatoms. The molecule has 2 heterocycles. The number of rotatable bonds is 4. The highest BCUT2D eigenvalue weighted by atomic mass is 16.2. The molecule has 2 aromatic rings. The van der Waals surface area contributed by atoms with Crippen LogP contribution in [0.4, 0.5) is 0 Å². The number of carbonyl (C=O) groups excluding carboxylic acids is 1. The van der Waals surface area contributed by atoms with Crippen molar-refractivity contribution in [2.45, 2.75) is 40.2 Å². The first-order chi connectivity index (χ1) is 10.4. The van der Waals surface area contributed by atoms with E-state index in [-0.39, 0.29) is 17.2 Å². The monoisotopic (exact) mass is 303 g/mol. The highest BCUT2D eigenvalue weighted by molar-refractivity contribution is 5.95. The van der Waals surface area contributed by atoms with Crippen LogP contribution in [-0.2, 0) is 7.05 Å². The summed E-state index contributed by atoms with van der Waals surface area (Å²) in [5.74, 6) is 0.269. The number of carbonyl (C=O) groups is 1. The molecule has 1 amide bonds. The van der Waals surface area contributed by atoms with Crippen LogP contribution in [0.15, 0.2) is 11.1 Å². The second-order valence-electron chi connectivity index (χ2n) is 5.38. The highest BCUT2D eigenvalue weighted by Gasteiger charge is 2.22. The van der Waals surface area contributed by atoms with Crippen LogP contribution in [0.25, 0.3) is 0 Å². The van der Waals surface area contributed by atoms with Crippen molar-refractivity contribution in [3.05, 3.63) is 44.9 Å². The summed E-state index contributed by atoms with van der Waals surface area (Å²) in [5.41, 5.74) is 2.18. The van der Waals surface area contributed by atoms with E-state index in [4.69, 9.17) is 0 Å². The zero-order valence-corrected chi connectivity index (χ0v) is 13.5. The lowest BCUT2D eigenvalue weighted by atomic mass is 10.0. The molecule has 2 rings (SSSR count). The van der Waals surface area contributed by atoms with E-state index in [1.807, 2.05) is 20.8 Å². The van der Waals surface area contributed by atoms with Gasteiger partial charge in [-0.2, -0.15) is 5.10 Å². The van der Waals surface area contributed by atoms with Crippen molar-refractivity contribution in [1.82, 2.24) is 25.1 Å². The van der Waals surface area contributed by atoms with Crippen molar-refractivity contribution in [2.75, 3.05) is 0 Å². The number of pyridine rings is 1. The Balaban J connectivity index is 2.35. The van der Waals surface area contributed by atoms with Gasteiger partial charge in [0.25, 0.3) is 11.5 Å². The number of amides is 1. The molecule has 22 heavy (non-hydrogen) atoms. The largest absolute Gasteiger partial charge is 0.342 e. The molecule has 0 aliphatic heterocycles. The van der Waals surface area contributed by atoms with Crippen molar-refractivity contribution in [1.29, 1.82) is 0 Å². The third kappa shape index (κ3) is 2.79. The molecule has 2 N–H and O–H groups in total. The zero-order chi connectivity index (χ0) is 16.4. The summed E-state index contributed by atoms with van der Waals surface area (Å²) in [5, 5.41) is 6.88. The van der Waals surface area contributed by atoms with Gasteiger partial charge < -0.3 is 10.3 Å². The first-order valence-electron chi connectivity index (χ1n) is 7.21. The lowest BCUT2D eigenvalue weighted by Gasteiger charge is -2.17. The van der Waals surface area contributed by atoms with Crippen LogP contribution in [-0.4, -0.2) is 25.7 Å². The fraction of sp³-hybridized carbons (Fsp3) is 0.467. The van der Waals surface area contributed by atoms with Gasteiger partial charge in [-0.05, 0) is 38.3 Å². The number of hydrogen-bond donors (Lipinski definition) is 2. The Morgan fingerprint density at radius 3 is 2.59 bits per heavy atom. The molecule has 0 spiro atoms. The van der Waals surface area contributed by atoms with Crippen LogP contribution < -0.4 is 10.9 Å². The van der Waals surface area contributed by atoms with Crippen LogP contribution >= 0.6 is 0 Å². The van der Waals surface area contributed by atoms with E-state index < -0.39 is 5.91 Å². The van der Waals surface area contributed by atoms with Gasteiger partial charge in [-0.15, -0.1) is 0 Å². The normalized spacial score (nSPS) is 12.2. The molecule has 2 aromatic heterocycles. The molecule has 1 atom stereocenters. The Morgan fingerprint density at radius 1 is 1.36 bits per heavy atom. The molecular weight excluding hydrogens is 282 g/mol. The number of aromatic amines is 1. The van der Waals surface area contributed by atoms with Crippen LogP contribution in [0.2, 0.25) is 0 Å². The predicted octanol–water partition coefficient (Wildman–Crippen LogP) is 1.31. The van der Waals surface area contributed by atoms with Crippen molar-refractivity contribution in [2.24, 2.45) is 7.05 Å². The quantitative estimate of drug-likeness (QED) is 0.890. The summed E-state index contributed by atoms with van der Waals surface area (Å²) in [7, 11) is 1.77. The van der Waals surface area contributed by atoms with Crippen molar-refractivity contribution < 1.29 is 4.79 Å². The highest BCUT2D eigenvalue weighted by Crippen LogP contribution is 2.16. The van der Waals surface area contributed by atoms with Crippen LogP contribution in [0, 0.1) is 20.8 Å². The maximum atomic E-state index is 12.5. The van der Waals surface area contributed by atoms with Gasteiger partial charge in [-0.3, -0.25) is 14.3 Å². The van der Waals surface area contributed by atoms with E-state index in [1.54, 1.807) is 18.7 Å². The van der Waals surface area contributed by atoms with E-state index in [9.17, 15) is 9.59 Å². The summed E-state index contributed by atoms with van der Waals surface area (Å²) in [4.78, 5) is 31.5. The van der Waals surface area contributed by atoms with Crippen molar-refractivity contribution in [3.8, 4) is 0 Å². The van der Waals surface area contributed by atoms with Gasteiger partial charge in [-0.1, -0.05) is 6.92 Å². The summed E-state index contributed by atoms with van der Waals surface area (Å²) < 4.78 is 1.62. The smallest absolute Gasteiger partial charge is 0.261 e. The summed E-state index contributed by atoms with van der Waals surface area (Å²) in [6, 6.07) is -0.291. The summed E-state index contributed by atoms with van der Waals surface area (Å²) >= 11 is 0. The fourth-order valence-corrected chi connectivity index (χ4v) is 2.44. The van der Waals surface area contributed by atoms with E-state index in [0.29, 0.717) is 17.8 Å². The molecule has 0 radical (unpaired) electrons. The second-order valence-corrected chi connectivity index (χ2v) is 5.38. The molecule has 0 aliphatic rings. The minimum Gasteiger partial charge on any atom is -0.342 e. The zero-order valence-electron chi connectivity index (χ0n) is 13.5. The second kappa shape index (κ2) is 6.13. The molecular formula is C15H21N5O2. The predicted molar refractivity (Wildman–Crippen MR) is 82.8 cm³/mol. The Labute approximate surface area is 128 Å². The molecule has 0 fully saturated rings. The Bertz CT molecular complexity index is 760. The first kappa shape index (κ1) is 15.9. The van der Waals surface area contributed by atoms with Gasteiger partial charge in [0.15, 0.2) is 0 Å². The molecule has 7 nitrogen and oxygen atoms in total. The number of hydrogen-bond acceptors (Lipinski definition) is 4. The van der Waals surface area contributed by atoms with Gasteiger partial charge in [-0.25, -0.2) is 4.98 Å². The Morgan fingerprint density at radius 2 is 2.05 bits per heavy atom. The van der Waals surface area contributed by atoms with E-state index in [0.717, 1.165) is 11.3 Å². The van der Waals surface area contributed by atoms with E-state index in [2.05, 4.69) is 20.4 Å². The molecule has 0 bridgehead atoms. The van der Waals surface area contributed by atoms with Gasteiger partial charge >= 0.3 is 0 Å². The molecule has 118 valence electrons. The van der Waals surface area contributed by atoms with Crippen LogP contribution in [0.5, 0.6) is 0 Å². The van der Waals surface area contributed by atoms with Crippen molar-refractivity contribution in [3.63, 3.8) is 0 Å². The number of nitrogens with zero attached hydrogens (tertiary/aromatic N) is 3.